The van der Waals surface area contributed by atoms with Crippen molar-refractivity contribution >= 4 is 17.8 Å². The predicted molar refractivity (Wildman–Crippen MR) is 52.0 cm³/mol. The lowest BCUT2D eigenvalue weighted by atomic mass is 10.3. The van der Waals surface area contributed by atoms with Gasteiger partial charge in [-0.1, -0.05) is 0 Å². The van der Waals surface area contributed by atoms with Crippen LogP contribution in [0.1, 0.15) is 6.42 Å². The third-order valence-corrected chi connectivity index (χ3v) is 1.67. The lowest BCUT2D eigenvalue weighted by Gasteiger charge is -2.17. The molecule has 0 fully saturated rings. The molecule has 0 bridgehead atoms. The van der Waals surface area contributed by atoms with E-state index in [1.807, 2.05) is 0 Å². The molecule has 15 heavy (non-hydrogen) atoms. The van der Waals surface area contributed by atoms with Gasteiger partial charge in [-0.3, -0.25) is 19.3 Å². The van der Waals surface area contributed by atoms with E-state index in [1.165, 1.54) is 11.9 Å². The Morgan fingerprint density at radius 2 is 1.93 bits per heavy atom. The molecule has 0 radical (unpaired) electrons. The number of hydrogen-bond donors (Lipinski definition) is 3. The Kier molecular flexibility index (Phi) is 6.03. The normalized spacial score (nSPS) is 10.0. The Morgan fingerprint density at radius 3 is 2.33 bits per heavy atom. The molecule has 2 amide bonds. The lowest BCUT2D eigenvalue weighted by Crippen LogP contribution is -2.39. The summed E-state index contributed by atoms with van der Waals surface area (Å²) >= 11 is 0. The minimum atomic E-state index is -1.06. The van der Waals surface area contributed by atoms with Crippen molar-refractivity contribution in [3.63, 3.8) is 0 Å². The number of nitrogens with one attached hydrogen (secondary N) is 1. The highest BCUT2D eigenvalue weighted by molar-refractivity contribution is 5.78. The number of aliphatic carboxylic acids is 1. The number of carboxylic acids is 1. The second-order valence-corrected chi connectivity index (χ2v) is 2.99. The first kappa shape index (κ1) is 13.4. The molecule has 86 valence electrons. The van der Waals surface area contributed by atoms with Gasteiger partial charge in [-0.15, -0.1) is 0 Å². The smallest absolute Gasteiger partial charge is 0.317 e. The van der Waals surface area contributed by atoms with Gasteiger partial charge in [0.05, 0.1) is 13.1 Å². The van der Waals surface area contributed by atoms with Crippen molar-refractivity contribution in [2.75, 3.05) is 26.7 Å². The Hall–Kier alpha value is -1.63. The maximum absolute atomic E-state index is 10.9. The second-order valence-electron chi connectivity index (χ2n) is 2.99. The van der Waals surface area contributed by atoms with Crippen molar-refractivity contribution in [1.82, 2.24) is 10.2 Å². The van der Waals surface area contributed by atoms with Crippen LogP contribution in [0.25, 0.3) is 0 Å². The zero-order chi connectivity index (χ0) is 11.8. The summed E-state index contributed by atoms with van der Waals surface area (Å²) in [5.41, 5.74) is 4.93. The van der Waals surface area contributed by atoms with Crippen LogP contribution in [0.4, 0.5) is 0 Å². The molecule has 7 heteroatoms. The zero-order valence-corrected chi connectivity index (χ0v) is 8.52. The van der Waals surface area contributed by atoms with Crippen molar-refractivity contribution in [3.8, 4) is 0 Å². The van der Waals surface area contributed by atoms with Gasteiger partial charge in [0.1, 0.15) is 0 Å². The Morgan fingerprint density at radius 1 is 1.33 bits per heavy atom. The molecule has 0 aliphatic heterocycles. The Bertz CT molecular complexity index is 238. The second kappa shape index (κ2) is 6.77. The fourth-order valence-electron chi connectivity index (χ4n) is 1.01. The highest BCUT2D eigenvalue weighted by Gasteiger charge is 2.13. The number of nitrogens with two attached hydrogens (primary N) is 1. The number of nitrogens with zero attached hydrogens (tertiary/aromatic N) is 1. The van der Waals surface area contributed by atoms with Crippen LogP contribution in [-0.4, -0.2) is 54.5 Å². The monoisotopic (exact) mass is 217 g/mol. The number of amides is 2. The average Bonchev–Trinajstić information content (AvgIpc) is 2.11. The number of primary amides is 1. The van der Waals surface area contributed by atoms with Gasteiger partial charge < -0.3 is 16.2 Å². The summed E-state index contributed by atoms with van der Waals surface area (Å²) in [4.78, 5) is 33.2. The summed E-state index contributed by atoms with van der Waals surface area (Å²) in [6.45, 7) is -0.280. The number of rotatable bonds is 7. The molecule has 0 atom stereocenters. The molecule has 0 aromatic heterocycles. The molecule has 0 aliphatic carbocycles. The maximum Gasteiger partial charge on any atom is 0.317 e. The Labute approximate surface area is 87.2 Å². The van der Waals surface area contributed by atoms with Crippen LogP contribution in [0.3, 0.4) is 0 Å². The van der Waals surface area contributed by atoms with Crippen molar-refractivity contribution in [3.05, 3.63) is 0 Å². The van der Waals surface area contributed by atoms with Gasteiger partial charge in [-0.25, -0.2) is 0 Å². The molecule has 0 rings (SSSR count). The third-order valence-electron chi connectivity index (χ3n) is 1.67. The van der Waals surface area contributed by atoms with Gasteiger partial charge in [-0.2, -0.15) is 0 Å². The van der Waals surface area contributed by atoms with Crippen LogP contribution in [-0.2, 0) is 14.4 Å². The molecule has 4 N–H and O–H groups in total. The van der Waals surface area contributed by atoms with E-state index in [9.17, 15) is 14.4 Å². The van der Waals surface area contributed by atoms with Crippen molar-refractivity contribution in [2.45, 2.75) is 6.42 Å². The van der Waals surface area contributed by atoms with Gasteiger partial charge in [0, 0.05) is 20.0 Å². The summed E-state index contributed by atoms with van der Waals surface area (Å²) in [7, 11) is 1.48. The average molecular weight is 217 g/mol. The molecule has 0 aromatic carbocycles. The molecule has 0 unspecified atom stereocenters. The fraction of sp³-hybridized carbons (Fsp3) is 0.625. The van der Waals surface area contributed by atoms with Crippen molar-refractivity contribution in [2.24, 2.45) is 5.73 Å². The number of hydrogen-bond acceptors (Lipinski definition) is 4. The van der Waals surface area contributed by atoms with Gasteiger partial charge in [0.25, 0.3) is 0 Å². The van der Waals surface area contributed by atoms with Crippen LogP contribution in [0.15, 0.2) is 0 Å². The van der Waals surface area contributed by atoms with E-state index in [0.29, 0.717) is 0 Å². The van der Waals surface area contributed by atoms with E-state index >= 15 is 0 Å². The summed E-state index contributed by atoms with van der Waals surface area (Å²) in [5, 5.41) is 10.9. The van der Waals surface area contributed by atoms with Crippen molar-refractivity contribution < 1.29 is 19.5 Å². The first-order valence-corrected chi connectivity index (χ1v) is 4.38. The quantitative estimate of drug-likeness (QED) is 0.456. The van der Waals surface area contributed by atoms with E-state index in [0.717, 1.165) is 0 Å². The fourth-order valence-corrected chi connectivity index (χ4v) is 1.01. The summed E-state index contributed by atoms with van der Waals surface area (Å²) in [5.74, 6) is -1.89. The summed E-state index contributed by atoms with van der Waals surface area (Å²) < 4.78 is 0. The first-order valence-electron chi connectivity index (χ1n) is 4.38. The number of carboxylic acid groups (broad SMARTS) is 1. The third kappa shape index (κ3) is 7.44. The van der Waals surface area contributed by atoms with Gasteiger partial charge in [0.2, 0.25) is 11.8 Å². The minimum Gasteiger partial charge on any atom is -0.480 e. The highest BCUT2D eigenvalue weighted by Crippen LogP contribution is 1.91. The first-order chi connectivity index (χ1) is 6.95. The lowest BCUT2D eigenvalue weighted by molar-refractivity contribution is -0.139. The van der Waals surface area contributed by atoms with E-state index in [-0.39, 0.29) is 32.0 Å². The Balaban J connectivity index is 4.06. The molecule has 0 aromatic rings. The van der Waals surface area contributed by atoms with Crippen molar-refractivity contribution in [1.29, 1.82) is 0 Å². The molecular formula is C8H15N3O4. The zero-order valence-electron chi connectivity index (χ0n) is 8.52. The largest absolute Gasteiger partial charge is 0.480 e. The van der Waals surface area contributed by atoms with E-state index in [1.54, 1.807) is 0 Å². The van der Waals surface area contributed by atoms with Gasteiger partial charge in [0.15, 0.2) is 0 Å². The van der Waals surface area contributed by atoms with E-state index in [4.69, 9.17) is 10.8 Å². The minimum absolute atomic E-state index is 0.136. The maximum atomic E-state index is 10.9. The van der Waals surface area contributed by atoms with E-state index < -0.39 is 11.9 Å². The number of carbonyl (C=O) groups excluding carboxylic acids is 2. The number of carbonyl (C=O) groups is 3. The van der Waals surface area contributed by atoms with Gasteiger partial charge in [-0.05, 0) is 0 Å². The molecule has 0 saturated carbocycles. The molecule has 0 aliphatic rings. The molecular weight excluding hydrogens is 202 g/mol. The van der Waals surface area contributed by atoms with Gasteiger partial charge >= 0.3 is 5.97 Å². The van der Waals surface area contributed by atoms with Crippen LogP contribution in [0, 0.1) is 0 Å². The molecule has 0 heterocycles. The predicted octanol–water partition coefficient (Wildman–Crippen LogP) is -2.01. The molecule has 7 nitrogen and oxygen atoms in total. The van der Waals surface area contributed by atoms with E-state index in [2.05, 4.69) is 5.32 Å². The summed E-state index contributed by atoms with van der Waals surface area (Å²) in [6.07, 6.45) is 0.136. The molecule has 0 saturated heterocycles. The van der Waals surface area contributed by atoms with Crippen LogP contribution in [0.2, 0.25) is 0 Å². The SMILES string of the molecule is CNC(=O)CCN(CC(N)=O)CC(=O)O. The topological polar surface area (TPSA) is 113 Å². The van der Waals surface area contributed by atoms with Crippen LogP contribution >= 0.6 is 0 Å². The highest BCUT2D eigenvalue weighted by atomic mass is 16.4. The molecule has 0 spiro atoms. The summed E-state index contributed by atoms with van der Waals surface area (Å²) in [6, 6.07) is 0. The van der Waals surface area contributed by atoms with Crippen LogP contribution in [0.5, 0.6) is 0 Å². The standard InChI is InChI=1S/C8H15N3O4/c1-10-7(13)2-3-11(4-6(9)12)5-8(14)15/h2-5H2,1H3,(H2,9,12)(H,10,13)(H,14,15). The van der Waals surface area contributed by atoms with Crippen LogP contribution < -0.4 is 11.1 Å².